The van der Waals surface area contributed by atoms with Gasteiger partial charge in [-0.25, -0.2) is 9.38 Å². The van der Waals surface area contributed by atoms with Gasteiger partial charge in [-0.1, -0.05) is 24.3 Å². The molecular formula is C23H24FN5O5. The number of ether oxygens (including phenoxy) is 1. The molecule has 4 rings (SSSR count). The number of halogens is 1. The molecule has 0 radical (unpaired) electrons. The van der Waals surface area contributed by atoms with Crippen molar-refractivity contribution in [3.63, 3.8) is 0 Å². The Balaban J connectivity index is 1.60. The number of nitro groups is 1. The third-order valence-electron chi connectivity index (χ3n) is 5.83. The zero-order valence-electron chi connectivity index (χ0n) is 18.5. The van der Waals surface area contributed by atoms with Crippen LogP contribution in [0.25, 0.3) is 0 Å². The Morgan fingerprint density at radius 3 is 2.56 bits per heavy atom. The predicted octanol–water partition coefficient (Wildman–Crippen LogP) is 2.26. The summed E-state index contributed by atoms with van der Waals surface area (Å²) >= 11 is 0. The summed E-state index contributed by atoms with van der Waals surface area (Å²) in [6.45, 7) is 3.62. The number of rotatable bonds is 5. The van der Waals surface area contributed by atoms with Gasteiger partial charge in [-0.05, 0) is 24.6 Å². The molecule has 1 N–H and O–H groups in total. The zero-order valence-corrected chi connectivity index (χ0v) is 18.5. The van der Waals surface area contributed by atoms with E-state index in [1.165, 1.54) is 24.3 Å². The summed E-state index contributed by atoms with van der Waals surface area (Å²) in [5.41, 5.74) is 0.708. The van der Waals surface area contributed by atoms with E-state index >= 15 is 0 Å². The maximum Gasteiger partial charge on any atom is 0.321 e. The van der Waals surface area contributed by atoms with Gasteiger partial charge in [0.15, 0.2) is 5.92 Å². The second-order valence-electron chi connectivity index (χ2n) is 7.89. The number of aliphatic imine (C=N–C) groups is 1. The molecule has 10 nitrogen and oxygen atoms in total. The van der Waals surface area contributed by atoms with Crippen LogP contribution in [-0.2, 0) is 14.3 Å². The number of nitrogens with one attached hydrogen (secondary N) is 1. The Morgan fingerprint density at radius 2 is 1.88 bits per heavy atom. The van der Waals surface area contributed by atoms with E-state index in [4.69, 9.17) is 4.74 Å². The number of para-hydroxylation sites is 1. The Morgan fingerprint density at radius 1 is 1.18 bits per heavy atom. The van der Waals surface area contributed by atoms with Gasteiger partial charge < -0.3 is 14.5 Å². The van der Waals surface area contributed by atoms with Crippen LogP contribution in [0, 0.1) is 21.8 Å². The highest BCUT2D eigenvalue weighted by atomic mass is 19.1. The van der Waals surface area contributed by atoms with E-state index in [9.17, 15) is 24.1 Å². The molecule has 1 amide bonds. The van der Waals surface area contributed by atoms with Gasteiger partial charge in [-0.15, -0.1) is 0 Å². The van der Waals surface area contributed by atoms with Gasteiger partial charge in [-0.2, -0.15) is 0 Å². The lowest BCUT2D eigenvalue weighted by Gasteiger charge is -2.39. The van der Waals surface area contributed by atoms with Crippen LogP contribution < -0.4 is 10.2 Å². The lowest BCUT2D eigenvalue weighted by atomic mass is 9.91. The molecule has 34 heavy (non-hydrogen) atoms. The Bertz CT molecular complexity index is 1130. The van der Waals surface area contributed by atoms with Crippen LogP contribution in [0.3, 0.4) is 0 Å². The molecule has 0 saturated carbocycles. The minimum atomic E-state index is -1.27. The fourth-order valence-corrected chi connectivity index (χ4v) is 4.16. The Hall–Kier alpha value is -4.02. The van der Waals surface area contributed by atoms with Crippen molar-refractivity contribution in [2.45, 2.75) is 13.0 Å². The molecule has 2 atom stereocenters. The number of amides is 1. The van der Waals surface area contributed by atoms with Crippen LogP contribution in [0.2, 0.25) is 0 Å². The monoisotopic (exact) mass is 469 g/mol. The largest absolute Gasteiger partial charge is 0.465 e. The lowest BCUT2D eigenvalue weighted by Crippen LogP contribution is -2.57. The SMILES string of the molecule is CCOC(=O)[C@@H]1C(=O)NC(N2CCN(c3ccccc3F)CC2)=N[C@@H]1c1cccc([N+](=O)[O-])c1. The second-order valence-corrected chi connectivity index (χ2v) is 7.89. The first-order valence-electron chi connectivity index (χ1n) is 10.9. The number of hydrogen-bond acceptors (Lipinski definition) is 8. The maximum atomic E-state index is 14.2. The quantitative estimate of drug-likeness (QED) is 0.309. The number of nitro benzene ring substituents is 1. The molecule has 0 aromatic heterocycles. The number of esters is 1. The number of guanidine groups is 1. The first kappa shape index (κ1) is 23.1. The normalized spacial score (nSPS) is 20.4. The highest BCUT2D eigenvalue weighted by Gasteiger charge is 2.42. The predicted molar refractivity (Wildman–Crippen MR) is 122 cm³/mol. The molecule has 0 bridgehead atoms. The van der Waals surface area contributed by atoms with Gasteiger partial charge in [0.1, 0.15) is 11.9 Å². The van der Waals surface area contributed by atoms with Crippen LogP contribution in [0.15, 0.2) is 53.5 Å². The third kappa shape index (κ3) is 4.68. The van der Waals surface area contributed by atoms with Gasteiger partial charge in [0.25, 0.3) is 5.69 Å². The van der Waals surface area contributed by atoms with E-state index < -0.39 is 28.8 Å². The molecule has 11 heteroatoms. The number of non-ortho nitro benzene ring substituents is 1. The first-order chi connectivity index (χ1) is 16.4. The van der Waals surface area contributed by atoms with Crippen LogP contribution in [-0.4, -0.2) is 60.4 Å². The van der Waals surface area contributed by atoms with Crippen molar-refractivity contribution in [3.05, 3.63) is 70.0 Å². The Kier molecular flexibility index (Phi) is 6.71. The van der Waals surface area contributed by atoms with Crippen molar-refractivity contribution >= 4 is 29.2 Å². The molecule has 2 heterocycles. The minimum absolute atomic E-state index is 0.0822. The lowest BCUT2D eigenvalue weighted by molar-refractivity contribution is -0.384. The summed E-state index contributed by atoms with van der Waals surface area (Å²) in [5.74, 6) is -2.64. The maximum absolute atomic E-state index is 14.2. The fraction of sp³-hybridized carbons (Fsp3) is 0.348. The van der Waals surface area contributed by atoms with Crippen molar-refractivity contribution < 1.29 is 23.6 Å². The van der Waals surface area contributed by atoms with Gasteiger partial charge in [0, 0.05) is 38.3 Å². The number of anilines is 1. The Labute approximate surface area is 195 Å². The zero-order chi connectivity index (χ0) is 24.2. The fourth-order valence-electron chi connectivity index (χ4n) is 4.16. The van der Waals surface area contributed by atoms with Crippen molar-refractivity contribution in [1.29, 1.82) is 0 Å². The molecular weight excluding hydrogens is 445 g/mol. The van der Waals surface area contributed by atoms with Crippen LogP contribution in [0.1, 0.15) is 18.5 Å². The summed E-state index contributed by atoms with van der Waals surface area (Å²) < 4.78 is 19.2. The summed E-state index contributed by atoms with van der Waals surface area (Å²) in [5, 5.41) is 13.9. The van der Waals surface area contributed by atoms with Crippen LogP contribution in [0.4, 0.5) is 15.8 Å². The summed E-state index contributed by atoms with van der Waals surface area (Å²) in [7, 11) is 0. The number of piperazine rings is 1. The van der Waals surface area contributed by atoms with Gasteiger partial charge in [0.05, 0.1) is 17.2 Å². The molecule has 178 valence electrons. The molecule has 2 aromatic rings. The van der Waals surface area contributed by atoms with E-state index in [0.717, 1.165) is 0 Å². The van der Waals surface area contributed by atoms with Crippen molar-refractivity contribution in [2.75, 3.05) is 37.7 Å². The van der Waals surface area contributed by atoms with Crippen LogP contribution >= 0.6 is 0 Å². The first-order valence-corrected chi connectivity index (χ1v) is 10.9. The topological polar surface area (TPSA) is 117 Å². The molecule has 0 aliphatic carbocycles. The van der Waals surface area contributed by atoms with E-state index in [-0.39, 0.29) is 24.1 Å². The van der Waals surface area contributed by atoms with E-state index in [1.807, 2.05) is 9.80 Å². The van der Waals surface area contributed by atoms with Gasteiger partial charge in [-0.3, -0.25) is 25.0 Å². The smallest absolute Gasteiger partial charge is 0.321 e. The number of nitrogens with zero attached hydrogens (tertiary/aromatic N) is 4. The van der Waals surface area contributed by atoms with Crippen LogP contribution in [0.5, 0.6) is 0 Å². The molecule has 2 aromatic carbocycles. The highest BCUT2D eigenvalue weighted by Crippen LogP contribution is 2.33. The standard InChI is InChI=1S/C23H24FN5O5/c1-2-34-22(31)19-20(15-6-5-7-16(14-15)29(32)33)25-23(26-21(19)30)28-12-10-27(11-13-28)18-9-4-3-8-17(18)24/h3-9,14,19-20H,2,10-13H2,1H3,(H,25,26,30)/t19-,20+/m0/s1. The second kappa shape index (κ2) is 9.86. The van der Waals surface area contributed by atoms with Crippen molar-refractivity contribution in [1.82, 2.24) is 10.2 Å². The molecule has 0 unspecified atom stereocenters. The van der Waals surface area contributed by atoms with Gasteiger partial charge in [0.2, 0.25) is 11.9 Å². The molecule has 1 fully saturated rings. The molecule has 0 spiro atoms. The molecule has 1 saturated heterocycles. The third-order valence-corrected chi connectivity index (χ3v) is 5.83. The number of benzene rings is 2. The van der Waals surface area contributed by atoms with Gasteiger partial charge >= 0.3 is 5.97 Å². The molecule has 2 aliphatic heterocycles. The number of hydrogen-bond donors (Lipinski definition) is 1. The average Bonchev–Trinajstić information content (AvgIpc) is 2.84. The number of carbonyl (C=O) groups excluding carboxylic acids is 2. The average molecular weight is 469 g/mol. The van der Waals surface area contributed by atoms with E-state index in [1.54, 1.807) is 31.2 Å². The summed E-state index contributed by atoms with van der Waals surface area (Å²) in [4.78, 5) is 44.7. The minimum Gasteiger partial charge on any atom is -0.465 e. The van der Waals surface area contributed by atoms with Crippen molar-refractivity contribution in [2.24, 2.45) is 10.9 Å². The summed E-state index contributed by atoms with van der Waals surface area (Å²) in [6.07, 6.45) is 0. The number of carbonyl (C=O) groups is 2. The highest BCUT2D eigenvalue weighted by molar-refractivity contribution is 6.08. The van der Waals surface area contributed by atoms with E-state index in [0.29, 0.717) is 37.4 Å². The van der Waals surface area contributed by atoms with Crippen molar-refractivity contribution in [3.8, 4) is 0 Å². The summed E-state index contributed by atoms with van der Waals surface area (Å²) in [6, 6.07) is 11.3. The molecule has 2 aliphatic rings. The van der Waals surface area contributed by atoms with E-state index in [2.05, 4.69) is 10.3 Å².